The molecule has 92 valence electrons. The number of halogens is 1. The summed E-state index contributed by atoms with van der Waals surface area (Å²) in [6.07, 6.45) is 2.14. The van der Waals surface area contributed by atoms with E-state index in [1.807, 2.05) is 0 Å². The molecule has 4 heteroatoms. The van der Waals surface area contributed by atoms with Gasteiger partial charge in [0.2, 0.25) is 5.91 Å². The van der Waals surface area contributed by atoms with Gasteiger partial charge in [-0.25, -0.2) is 4.39 Å². The largest absolute Gasteiger partial charge is 0.392 e. The number of rotatable bonds is 4. The van der Waals surface area contributed by atoms with Crippen LogP contribution in [0.1, 0.15) is 12.5 Å². The number of aliphatic hydroxyl groups excluding tert-OH is 1. The van der Waals surface area contributed by atoms with Crippen molar-refractivity contribution in [3.63, 3.8) is 0 Å². The lowest BCUT2D eigenvalue weighted by Crippen LogP contribution is -2.31. The van der Waals surface area contributed by atoms with Crippen LogP contribution in [0, 0.1) is 5.82 Å². The molecule has 1 rings (SSSR count). The molecular formula is C13H16FNO2. The minimum absolute atomic E-state index is 0.250. The molecule has 3 nitrogen and oxygen atoms in total. The van der Waals surface area contributed by atoms with Gasteiger partial charge in [0.1, 0.15) is 5.82 Å². The van der Waals surface area contributed by atoms with Crippen molar-refractivity contribution in [2.75, 3.05) is 13.6 Å². The maximum Gasteiger partial charge on any atom is 0.246 e. The smallest absolute Gasteiger partial charge is 0.246 e. The van der Waals surface area contributed by atoms with Gasteiger partial charge in [0.05, 0.1) is 6.10 Å². The molecule has 0 aliphatic rings. The predicted molar refractivity (Wildman–Crippen MR) is 64.8 cm³/mol. The molecule has 17 heavy (non-hydrogen) atoms. The summed E-state index contributed by atoms with van der Waals surface area (Å²) >= 11 is 0. The lowest BCUT2D eigenvalue weighted by Gasteiger charge is -2.16. The molecule has 1 atom stereocenters. The summed E-state index contributed by atoms with van der Waals surface area (Å²) in [6, 6.07) is 6.22. The van der Waals surface area contributed by atoms with Crippen LogP contribution in [0.25, 0.3) is 6.08 Å². The molecule has 1 unspecified atom stereocenters. The van der Waals surface area contributed by atoms with E-state index in [-0.39, 0.29) is 18.3 Å². The Morgan fingerprint density at radius 1 is 1.53 bits per heavy atom. The molecule has 1 aromatic carbocycles. The van der Waals surface area contributed by atoms with E-state index in [4.69, 9.17) is 5.11 Å². The van der Waals surface area contributed by atoms with Gasteiger partial charge in [-0.15, -0.1) is 0 Å². The molecule has 0 bridgehead atoms. The first kappa shape index (κ1) is 13.4. The van der Waals surface area contributed by atoms with E-state index < -0.39 is 6.10 Å². The van der Waals surface area contributed by atoms with Gasteiger partial charge in [0.15, 0.2) is 0 Å². The van der Waals surface area contributed by atoms with Crippen molar-refractivity contribution in [1.82, 2.24) is 4.90 Å². The van der Waals surface area contributed by atoms with Gasteiger partial charge < -0.3 is 10.0 Å². The minimum Gasteiger partial charge on any atom is -0.392 e. The number of carbonyl (C=O) groups is 1. The number of benzene rings is 1. The fourth-order valence-corrected chi connectivity index (χ4v) is 1.38. The minimum atomic E-state index is -0.578. The highest BCUT2D eigenvalue weighted by Crippen LogP contribution is 2.08. The highest BCUT2D eigenvalue weighted by atomic mass is 19.1. The Labute approximate surface area is 100 Å². The Morgan fingerprint density at radius 2 is 2.18 bits per heavy atom. The van der Waals surface area contributed by atoms with Crippen LogP contribution in [0.2, 0.25) is 0 Å². The monoisotopic (exact) mass is 237 g/mol. The Bertz CT molecular complexity index is 416. The maximum absolute atomic E-state index is 13.2. The Morgan fingerprint density at radius 3 is 2.76 bits per heavy atom. The average molecular weight is 237 g/mol. The number of likely N-dealkylation sites (N-methyl/N-ethyl adjacent to an activating group) is 1. The summed E-state index contributed by atoms with van der Waals surface area (Å²) in [4.78, 5) is 12.9. The highest BCUT2D eigenvalue weighted by Gasteiger charge is 2.07. The summed E-state index contributed by atoms with van der Waals surface area (Å²) < 4.78 is 13.2. The zero-order valence-electron chi connectivity index (χ0n) is 9.93. The second-order valence-corrected chi connectivity index (χ2v) is 3.92. The summed E-state index contributed by atoms with van der Waals surface area (Å²) in [6.45, 7) is 1.85. The zero-order chi connectivity index (χ0) is 12.8. The number of nitrogens with zero attached hydrogens (tertiary/aromatic N) is 1. The lowest BCUT2D eigenvalue weighted by molar-refractivity contribution is -0.125. The van der Waals surface area contributed by atoms with Crippen molar-refractivity contribution >= 4 is 12.0 Å². The molecule has 0 saturated carbocycles. The molecule has 0 fully saturated rings. The van der Waals surface area contributed by atoms with E-state index in [1.54, 1.807) is 32.2 Å². The number of carbonyl (C=O) groups excluding carboxylic acids is 1. The third kappa shape index (κ3) is 4.36. The van der Waals surface area contributed by atoms with Crippen molar-refractivity contribution in [2.24, 2.45) is 0 Å². The van der Waals surface area contributed by atoms with Crippen LogP contribution in [0.4, 0.5) is 4.39 Å². The van der Waals surface area contributed by atoms with Gasteiger partial charge in [-0.3, -0.25) is 4.79 Å². The van der Waals surface area contributed by atoms with Crippen molar-refractivity contribution in [1.29, 1.82) is 0 Å². The van der Waals surface area contributed by atoms with E-state index in [2.05, 4.69) is 0 Å². The molecule has 0 aliphatic carbocycles. The first-order valence-corrected chi connectivity index (χ1v) is 5.36. The topological polar surface area (TPSA) is 40.5 Å². The average Bonchev–Trinajstić information content (AvgIpc) is 2.26. The third-order valence-corrected chi connectivity index (χ3v) is 2.22. The molecule has 1 N–H and O–H groups in total. The van der Waals surface area contributed by atoms with Gasteiger partial charge >= 0.3 is 0 Å². The van der Waals surface area contributed by atoms with Crippen LogP contribution < -0.4 is 0 Å². The molecule has 0 spiro atoms. The molecule has 0 heterocycles. The van der Waals surface area contributed by atoms with Gasteiger partial charge in [-0.1, -0.05) is 18.2 Å². The molecular weight excluding hydrogens is 221 g/mol. The lowest BCUT2D eigenvalue weighted by atomic mass is 10.2. The SMILES string of the molecule is CC(O)CN(C)C(=O)/C=C/c1ccccc1F. The summed E-state index contributed by atoms with van der Waals surface area (Å²) in [5.41, 5.74) is 0.367. The van der Waals surface area contributed by atoms with E-state index in [9.17, 15) is 9.18 Å². The van der Waals surface area contributed by atoms with E-state index in [1.165, 1.54) is 23.1 Å². The van der Waals surface area contributed by atoms with Crippen molar-refractivity contribution in [3.05, 3.63) is 41.7 Å². The van der Waals surface area contributed by atoms with E-state index in [0.29, 0.717) is 5.56 Å². The number of amides is 1. The molecule has 0 aromatic heterocycles. The van der Waals surface area contributed by atoms with Gasteiger partial charge in [-0.05, 0) is 19.1 Å². The highest BCUT2D eigenvalue weighted by molar-refractivity contribution is 5.91. The second kappa shape index (κ2) is 6.15. The molecule has 0 aliphatic heterocycles. The quantitative estimate of drug-likeness (QED) is 0.809. The van der Waals surface area contributed by atoms with Crippen molar-refractivity contribution in [3.8, 4) is 0 Å². The third-order valence-electron chi connectivity index (χ3n) is 2.22. The summed E-state index contributed by atoms with van der Waals surface area (Å²) in [7, 11) is 1.58. The van der Waals surface area contributed by atoms with E-state index >= 15 is 0 Å². The predicted octanol–water partition coefficient (Wildman–Crippen LogP) is 1.68. The van der Waals surface area contributed by atoms with Crippen LogP contribution in [0.5, 0.6) is 0 Å². The van der Waals surface area contributed by atoms with Crippen LogP contribution in [-0.2, 0) is 4.79 Å². The van der Waals surface area contributed by atoms with Crippen LogP contribution in [0.15, 0.2) is 30.3 Å². The zero-order valence-corrected chi connectivity index (χ0v) is 9.93. The van der Waals surface area contributed by atoms with E-state index in [0.717, 1.165) is 0 Å². The number of hydrogen-bond acceptors (Lipinski definition) is 2. The molecule has 0 saturated heterocycles. The Kier molecular flexibility index (Phi) is 4.84. The normalized spacial score (nSPS) is 12.7. The van der Waals surface area contributed by atoms with Gasteiger partial charge in [0, 0.05) is 25.2 Å². The molecule has 1 amide bonds. The Hall–Kier alpha value is -1.68. The summed E-state index contributed by atoms with van der Waals surface area (Å²) in [5, 5.41) is 9.12. The number of hydrogen-bond donors (Lipinski definition) is 1. The molecule has 1 aromatic rings. The molecule has 0 radical (unpaired) electrons. The van der Waals surface area contributed by atoms with Crippen molar-refractivity contribution < 1.29 is 14.3 Å². The van der Waals surface area contributed by atoms with Crippen LogP contribution in [-0.4, -0.2) is 35.6 Å². The van der Waals surface area contributed by atoms with Crippen LogP contribution >= 0.6 is 0 Å². The first-order valence-electron chi connectivity index (χ1n) is 5.36. The van der Waals surface area contributed by atoms with Gasteiger partial charge in [0.25, 0.3) is 0 Å². The second-order valence-electron chi connectivity index (χ2n) is 3.92. The van der Waals surface area contributed by atoms with Crippen molar-refractivity contribution in [2.45, 2.75) is 13.0 Å². The van der Waals surface area contributed by atoms with Gasteiger partial charge in [-0.2, -0.15) is 0 Å². The fourth-order valence-electron chi connectivity index (χ4n) is 1.38. The number of aliphatic hydroxyl groups is 1. The standard InChI is InChI=1S/C13H16FNO2/c1-10(16)9-15(2)13(17)8-7-11-5-3-4-6-12(11)14/h3-8,10,16H,9H2,1-2H3/b8-7+. The fraction of sp³-hybridized carbons (Fsp3) is 0.308. The Balaban J connectivity index is 2.65. The summed E-state index contributed by atoms with van der Waals surface area (Å²) in [5.74, 6) is -0.635. The van der Waals surface area contributed by atoms with Crippen LogP contribution in [0.3, 0.4) is 0 Å². The maximum atomic E-state index is 13.2. The first-order chi connectivity index (χ1) is 8.00.